The first-order valence-corrected chi connectivity index (χ1v) is 9.68. The van der Waals surface area contributed by atoms with Crippen LogP contribution < -0.4 is 0 Å². The van der Waals surface area contributed by atoms with Gasteiger partial charge < -0.3 is 10.0 Å². The molecule has 0 aromatic heterocycles. The van der Waals surface area contributed by atoms with Crippen LogP contribution in [0.2, 0.25) is 5.02 Å². The fourth-order valence-corrected chi connectivity index (χ4v) is 4.16. The molecule has 0 aliphatic heterocycles. The fourth-order valence-electron chi connectivity index (χ4n) is 4.04. The maximum atomic E-state index is 12.0. The molecule has 2 nitrogen and oxygen atoms in total. The van der Waals surface area contributed by atoms with E-state index in [0.717, 1.165) is 47.5 Å². The van der Waals surface area contributed by atoms with Crippen molar-refractivity contribution in [2.45, 2.75) is 31.8 Å². The number of benzene rings is 2. The minimum absolute atomic E-state index is 0.174. The highest BCUT2D eigenvalue weighted by atomic mass is 35.5. The summed E-state index contributed by atoms with van der Waals surface area (Å²) in [5.41, 5.74) is 3.45. The molecule has 2 aromatic rings. The van der Waals surface area contributed by atoms with Gasteiger partial charge in [0.2, 0.25) is 0 Å². The number of hydrogen-bond donors (Lipinski definition) is 1. The van der Waals surface area contributed by atoms with Crippen molar-refractivity contribution in [1.29, 1.82) is 0 Å². The maximum Gasteiger partial charge on any atom is 0.115 e. The van der Waals surface area contributed by atoms with Gasteiger partial charge >= 0.3 is 0 Å². The third-order valence-electron chi connectivity index (χ3n) is 5.37. The van der Waals surface area contributed by atoms with Crippen LogP contribution >= 0.6 is 11.6 Å². The van der Waals surface area contributed by atoms with E-state index in [2.05, 4.69) is 56.3 Å². The Morgan fingerprint density at radius 2 is 1.77 bits per heavy atom. The van der Waals surface area contributed by atoms with Crippen molar-refractivity contribution < 1.29 is 5.11 Å². The Morgan fingerprint density at radius 3 is 2.38 bits per heavy atom. The molecule has 0 saturated heterocycles. The SMILES string of the molecule is Cc1ccc(C2(O)C(=Cc3ccc(Cl)cc3)CCCC2CN(C)C)cc1. The number of nitrogens with zero attached hydrogens (tertiary/aromatic N) is 1. The number of aryl methyl sites for hydroxylation is 1. The van der Waals surface area contributed by atoms with Gasteiger partial charge in [-0.25, -0.2) is 0 Å². The zero-order chi connectivity index (χ0) is 18.7. The second kappa shape index (κ2) is 7.96. The van der Waals surface area contributed by atoms with Crippen LogP contribution in [0.3, 0.4) is 0 Å². The molecular weight excluding hydrogens is 342 g/mol. The van der Waals surface area contributed by atoms with E-state index < -0.39 is 5.60 Å². The van der Waals surface area contributed by atoms with E-state index in [1.54, 1.807) is 0 Å². The zero-order valence-corrected chi connectivity index (χ0v) is 16.6. The first-order chi connectivity index (χ1) is 12.4. The Labute approximate surface area is 162 Å². The van der Waals surface area contributed by atoms with Crippen molar-refractivity contribution in [3.8, 4) is 0 Å². The number of aliphatic hydroxyl groups is 1. The summed E-state index contributed by atoms with van der Waals surface area (Å²) >= 11 is 6.03. The smallest absolute Gasteiger partial charge is 0.115 e. The third kappa shape index (κ3) is 4.03. The van der Waals surface area contributed by atoms with Crippen molar-refractivity contribution in [3.05, 3.63) is 75.8 Å². The average Bonchev–Trinajstić information content (AvgIpc) is 2.60. The topological polar surface area (TPSA) is 23.5 Å². The fraction of sp³-hybridized carbons (Fsp3) is 0.391. The highest BCUT2D eigenvalue weighted by molar-refractivity contribution is 6.30. The molecule has 26 heavy (non-hydrogen) atoms. The molecule has 2 unspecified atom stereocenters. The lowest BCUT2D eigenvalue weighted by molar-refractivity contribution is -0.0174. The van der Waals surface area contributed by atoms with Gasteiger partial charge in [0.15, 0.2) is 0 Å². The van der Waals surface area contributed by atoms with E-state index in [-0.39, 0.29) is 5.92 Å². The zero-order valence-electron chi connectivity index (χ0n) is 15.9. The summed E-state index contributed by atoms with van der Waals surface area (Å²) in [5.74, 6) is 0.174. The van der Waals surface area contributed by atoms with Crippen LogP contribution in [0, 0.1) is 12.8 Å². The Morgan fingerprint density at radius 1 is 1.12 bits per heavy atom. The summed E-state index contributed by atoms with van der Waals surface area (Å²) < 4.78 is 0. The molecular formula is C23H28ClNO. The summed E-state index contributed by atoms with van der Waals surface area (Å²) in [4.78, 5) is 2.18. The lowest BCUT2D eigenvalue weighted by Gasteiger charge is -2.44. The van der Waals surface area contributed by atoms with Crippen LogP contribution in [-0.2, 0) is 5.60 Å². The molecule has 1 aliphatic carbocycles. The van der Waals surface area contributed by atoms with Crippen molar-refractivity contribution in [2.24, 2.45) is 5.92 Å². The Balaban J connectivity index is 2.07. The van der Waals surface area contributed by atoms with E-state index in [1.165, 1.54) is 5.56 Å². The molecule has 1 aliphatic rings. The molecule has 0 heterocycles. The van der Waals surface area contributed by atoms with Gasteiger partial charge in [0.1, 0.15) is 5.60 Å². The van der Waals surface area contributed by atoms with Crippen LogP contribution in [0.5, 0.6) is 0 Å². The van der Waals surface area contributed by atoms with E-state index in [9.17, 15) is 5.11 Å². The monoisotopic (exact) mass is 369 g/mol. The minimum Gasteiger partial charge on any atom is -0.380 e. The van der Waals surface area contributed by atoms with Crippen LogP contribution in [0.4, 0.5) is 0 Å². The quantitative estimate of drug-likeness (QED) is 0.792. The molecule has 0 amide bonds. The second-order valence-corrected chi connectivity index (χ2v) is 8.14. The molecule has 1 saturated carbocycles. The third-order valence-corrected chi connectivity index (χ3v) is 5.62. The Bertz CT molecular complexity index is 764. The first kappa shape index (κ1) is 19.2. The van der Waals surface area contributed by atoms with E-state index in [0.29, 0.717) is 0 Å². The number of rotatable bonds is 4. The minimum atomic E-state index is -0.935. The molecule has 0 bridgehead atoms. The van der Waals surface area contributed by atoms with E-state index in [4.69, 9.17) is 11.6 Å². The van der Waals surface area contributed by atoms with Gasteiger partial charge in [0.25, 0.3) is 0 Å². The van der Waals surface area contributed by atoms with Gasteiger partial charge in [-0.05, 0) is 69.1 Å². The Kier molecular flexibility index (Phi) is 5.86. The Hall–Kier alpha value is -1.61. The van der Waals surface area contributed by atoms with E-state index >= 15 is 0 Å². The highest BCUT2D eigenvalue weighted by Gasteiger charge is 2.44. The molecule has 2 aromatic carbocycles. The summed E-state index contributed by atoms with van der Waals surface area (Å²) in [7, 11) is 4.15. The predicted octanol–water partition coefficient (Wildman–Crippen LogP) is 5.28. The summed E-state index contributed by atoms with van der Waals surface area (Å²) in [5, 5.41) is 12.7. The molecule has 0 radical (unpaired) electrons. The van der Waals surface area contributed by atoms with Crippen LogP contribution in [0.25, 0.3) is 6.08 Å². The lowest BCUT2D eigenvalue weighted by atomic mass is 9.67. The maximum absolute atomic E-state index is 12.0. The normalized spacial score (nSPS) is 25.0. The van der Waals surface area contributed by atoms with Crippen LogP contribution in [0.1, 0.15) is 36.0 Å². The van der Waals surface area contributed by atoms with Crippen molar-refractivity contribution in [3.63, 3.8) is 0 Å². The molecule has 1 fully saturated rings. The van der Waals surface area contributed by atoms with Crippen molar-refractivity contribution in [2.75, 3.05) is 20.6 Å². The van der Waals surface area contributed by atoms with Gasteiger partial charge in [-0.15, -0.1) is 0 Å². The second-order valence-electron chi connectivity index (χ2n) is 7.70. The molecule has 138 valence electrons. The lowest BCUT2D eigenvalue weighted by Crippen LogP contribution is -2.44. The molecule has 3 heteroatoms. The summed E-state index contributed by atoms with van der Waals surface area (Å²) in [6.07, 6.45) is 5.20. The largest absolute Gasteiger partial charge is 0.380 e. The van der Waals surface area contributed by atoms with Gasteiger partial charge in [0.05, 0.1) is 0 Å². The number of halogens is 1. The summed E-state index contributed by atoms with van der Waals surface area (Å²) in [6, 6.07) is 16.2. The van der Waals surface area contributed by atoms with Gasteiger partial charge in [-0.1, -0.05) is 59.6 Å². The van der Waals surface area contributed by atoms with Gasteiger partial charge in [0, 0.05) is 17.5 Å². The van der Waals surface area contributed by atoms with Crippen LogP contribution in [0.15, 0.2) is 54.1 Å². The van der Waals surface area contributed by atoms with Crippen LogP contribution in [-0.4, -0.2) is 30.6 Å². The molecule has 0 spiro atoms. The first-order valence-electron chi connectivity index (χ1n) is 9.30. The molecule has 2 atom stereocenters. The number of hydrogen-bond acceptors (Lipinski definition) is 2. The van der Waals surface area contributed by atoms with E-state index in [1.807, 2.05) is 24.3 Å². The summed E-state index contributed by atoms with van der Waals surface area (Å²) in [6.45, 7) is 2.94. The average molecular weight is 370 g/mol. The van der Waals surface area contributed by atoms with Gasteiger partial charge in [-0.3, -0.25) is 0 Å². The van der Waals surface area contributed by atoms with Crippen molar-refractivity contribution >= 4 is 17.7 Å². The molecule has 1 N–H and O–H groups in total. The highest BCUT2D eigenvalue weighted by Crippen LogP contribution is 2.46. The van der Waals surface area contributed by atoms with Crippen molar-refractivity contribution in [1.82, 2.24) is 4.90 Å². The predicted molar refractivity (Wildman–Crippen MR) is 110 cm³/mol. The molecule has 3 rings (SSSR count). The standard InChI is InChI=1S/C23H28ClNO/c1-17-7-11-19(12-8-17)23(26)20(5-4-6-21(23)16-25(2)3)15-18-9-13-22(24)14-10-18/h7-15,21,26H,4-6,16H2,1-3H3. The van der Waals surface area contributed by atoms with Gasteiger partial charge in [-0.2, -0.15) is 0 Å².